The summed E-state index contributed by atoms with van der Waals surface area (Å²) >= 11 is 0. The molecular weight excluding hydrogens is 258 g/mol. The van der Waals surface area contributed by atoms with Crippen molar-refractivity contribution in [2.75, 3.05) is 0 Å². The summed E-state index contributed by atoms with van der Waals surface area (Å²) in [6, 6.07) is 1.76. The molecule has 0 aromatic carbocycles. The van der Waals surface area contributed by atoms with Gasteiger partial charge in [-0.05, 0) is 22.8 Å². The lowest BCUT2D eigenvalue weighted by molar-refractivity contribution is 0.310. The fourth-order valence-electron chi connectivity index (χ4n) is 2.67. The van der Waals surface area contributed by atoms with Gasteiger partial charge in [0.15, 0.2) is 5.69 Å². The van der Waals surface area contributed by atoms with Crippen molar-refractivity contribution in [3.05, 3.63) is 30.5 Å². The highest BCUT2D eigenvalue weighted by atomic mass is 16.5. The minimum absolute atomic E-state index is 0.492. The van der Waals surface area contributed by atoms with Crippen molar-refractivity contribution >= 4 is 0 Å². The fourth-order valence-corrected chi connectivity index (χ4v) is 2.67. The highest BCUT2D eigenvalue weighted by molar-refractivity contribution is 5.46. The van der Waals surface area contributed by atoms with Crippen LogP contribution >= 0.6 is 0 Å². The first-order valence-corrected chi connectivity index (χ1v) is 6.57. The molecule has 8 nitrogen and oxygen atoms in total. The second kappa shape index (κ2) is 4.55. The maximum absolute atomic E-state index is 4.85. The smallest absolute Gasteiger partial charge is 0.204 e. The van der Waals surface area contributed by atoms with Crippen molar-refractivity contribution in [2.24, 2.45) is 5.92 Å². The third-order valence-electron chi connectivity index (χ3n) is 3.66. The van der Waals surface area contributed by atoms with Gasteiger partial charge in [0.05, 0.1) is 0 Å². The molecule has 3 aromatic rings. The second-order valence-electron chi connectivity index (χ2n) is 4.97. The standard InChI is InChI=1S/C12H13N7O/c1-2-11-13-4-5-18(11)7-9(1)8-19-12(14-16-17-19)10-3-6-20-15-10/h3-6,9H,1-2,7-8H2. The van der Waals surface area contributed by atoms with Crippen molar-refractivity contribution < 1.29 is 4.52 Å². The van der Waals surface area contributed by atoms with E-state index in [0.717, 1.165) is 31.8 Å². The van der Waals surface area contributed by atoms with Crippen LogP contribution in [0.3, 0.4) is 0 Å². The van der Waals surface area contributed by atoms with Crippen LogP contribution in [-0.2, 0) is 19.5 Å². The van der Waals surface area contributed by atoms with E-state index >= 15 is 0 Å². The summed E-state index contributed by atoms with van der Waals surface area (Å²) in [5, 5.41) is 15.7. The van der Waals surface area contributed by atoms with E-state index in [1.54, 1.807) is 10.7 Å². The Morgan fingerprint density at radius 3 is 3.30 bits per heavy atom. The minimum Gasteiger partial charge on any atom is -0.364 e. The zero-order chi connectivity index (χ0) is 13.4. The van der Waals surface area contributed by atoms with E-state index < -0.39 is 0 Å². The van der Waals surface area contributed by atoms with Crippen molar-refractivity contribution in [3.63, 3.8) is 0 Å². The Labute approximate surface area is 114 Å². The van der Waals surface area contributed by atoms with Crippen LogP contribution in [0.15, 0.2) is 29.2 Å². The molecule has 0 amide bonds. The van der Waals surface area contributed by atoms with Crippen LogP contribution in [0.1, 0.15) is 12.2 Å². The maximum atomic E-state index is 4.85. The molecule has 0 saturated heterocycles. The summed E-state index contributed by atoms with van der Waals surface area (Å²) in [4.78, 5) is 4.34. The number of hydrogen-bond acceptors (Lipinski definition) is 6. The van der Waals surface area contributed by atoms with Gasteiger partial charge < -0.3 is 9.09 Å². The average Bonchev–Trinajstić information content (AvgIpc) is 3.19. The number of aromatic nitrogens is 7. The number of nitrogens with zero attached hydrogens (tertiary/aromatic N) is 7. The SMILES string of the molecule is c1cn2c(n1)CCC(Cn1nnnc1-c1ccon1)C2. The van der Waals surface area contributed by atoms with E-state index in [4.69, 9.17) is 4.52 Å². The van der Waals surface area contributed by atoms with Gasteiger partial charge >= 0.3 is 0 Å². The van der Waals surface area contributed by atoms with E-state index in [2.05, 4.69) is 30.2 Å². The van der Waals surface area contributed by atoms with Gasteiger partial charge in [0.1, 0.15) is 12.1 Å². The van der Waals surface area contributed by atoms with Crippen LogP contribution in [0.4, 0.5) is 0 Å². The van der Waals surface area contributed by atoms with Crippen LogP contribution in [-0.4, -0.2) is 34.9 Å². The van der Waals surface area contributed by atoms with Crippen molar-refractivity contribution in [2.45, 2.75) is 25.9 Å². The monoisotopic (exact) mass is 271 g/mol. The molecule has 0 saturated carbocycles. The quantitative estimate of drug-likeness (QED) is 0.699. The number of aryl methyl sites for hydroxylation is 1. The van der Waals surface area contributed by atoms with Crippen molar-refractivity contribution in [1.82, 2.24) is 34.9 Å². The molecule has 0 aliphatic carbocycles. The summed E-state index contributed by atoms with van der Waals surface area (Å²) in [5.41, 5.74) is 0.661. The highest BCUT2D eigenvalue weighted by Gasteiger charge is 2.21. The summed E-state index contributed by atoms with van der Waals surface area (Å²) in [7, 11) is 0. The Balaban J connectivity index is 1.55. The molecule has 0 spiro atoms. The summed E-state index contributed by atoms with van der Waals surface area (Å²) in [6.07, 6.45) is 7.50. The van der Waals surface area contributed by atoms with Gasteiger partial charge in [-0.15, -0.1) is 5.10 Å². The Kier molecular flexibility index (Phi) is 2.58. The Morgan fingerprint density at radius 2 is 2.40 bits per heavy atom. The first-order chi connectivity index (χ1) is 9.90. The van der Waals surface area contributed by atoms with Gasteiger partial charge in [0.2, 0.25) is 5.82 Å². The number of tetrazole rings is 1. The van der Waals surface area contributed by atoms with E-state index in [0.29, 0.717) is 17.4 Å². The molecular formula is C12H13N7O. The van der Waals surface area contributed by atoms with Crippen LogP contribution in [0.25, 0.3) is 11.5 Å². The van der Waals surface area contributed by atoms with E-state index in [1.807, 2.05) is 12.4 Å². The molecule has 20 heavy (non-hydrogen) atoms. The molecule has 0 fully saturated rings. The van der Waals surface area contributed by atoms with Gasteiger partial charge in [0.25, 0.3) is 0 Å². The number of fused-ring (bicyclic) bond motifs is 1. The van der Waals surface area contributed by atoms with Gasteiger partial charge in [-0.3, -0.25) is 0 Å². The van der Waals surface area contributed by atoms with Crippen LogP contribution in [0.5, 0.6) is 0 Å². The minimum atomic E-state index is 0.492. The molecule has 102 valence electrons. The number of rotatable bonds is 3. The van der Waals surface area contributed by atoms with Crippen LogP contribution in [0, 0.1) is 5.92 Å². The third kappa shape index (κ3) is 1.89. The normalized spacial score (nSPS) is 18.1. The Hall–Kier alpha value is -2.51. The lowest BCUT2D eigenvalue weighted by Crippen LogP contribution is -2.24. The molecule has 1 atom stereocenters. The van der Waals surface area contributed by atoms with E-state index in [1.165, 1.54) is 6.26 Å². The first-order valence-electron chi connectivity index (χ1n) is 6.57. The average molecular weight is 271 g/mol. The molecule has 8 heteroatoms. The summed E-state index contributed by atoms with van der Waals surface area (Å²) in [5.74, 6) is 2.30. The molecule has 0 radical (unpaired) electrons. The van der Waals surface area contributed by atoms with Crippen LogP contribution in [0.2, 0.25) is 0 Å². The fraction of sp³-hybridized carbons (Fsp3) is 0.417. The lowest BCUT2D eigenvalue weighted by Gasteiger charge is -2.23. The molecule has 4 heterocycles. The highest BCUT2D eigenvalue weighted by Crippen LogP contribution is 2.22. The summed E-state index contributed by atoms with van der Waals surface area (Å²) < 4.78 is 8.85. The Bertz CT molecular complexity index is 699. The molecule has 0 bridgehead atoms. The van der Waals surface area contributed by atoms with Gasteiger partial charge in [0, 0.05) is 38.0 Å². The topological polar surface area (TPSA) is 87.5 Å². The zero-order valence-corrected chi connectivity index (χ0v) is 10.8. The summed E-state index contributed by atoms with van der Waals surface area (Å²) in [6.45, 7) is 1.72. The molecule has 0 N–H and O–H groups in total. The maximum Gasteiger partial charge on any atom is 0.204 e. The lowest BCUT2D eigenvalue weighted by atomic mass is 9.99. The number of imidazole rings is 1. The molecule has 1 aliphatic heterocycles. The van der Waals surface area contributed by atoms with E-state index in [-0.39, 0.29) is 0 Å². The number of hydrogen-bond donors (Lipinski definition) is 0. The van der Waals surface area contributed by atoms with Crippen molar-refractivity contribution in [3.8, 4) is 11.5 Å². The van der Waals surface area contributed by atoms with Gasteiger partial charge in [-0.1, -0.05) is 5.16 Å². The molecule has 3 aromatic heterocycles. The molecule has 1 aliphatic rings. The van der Waals surface area contributed by atoms with Crippen LogP contribution < -0.4 is 0 Å². The van der Waals surface area contributed by atoms with Gasteiger partial charge in [-0.2, -0.15) is 0 Å². The van der Waals surface area contributed by atoms with Crippen molar-refractivity contribution in [1.29, 1.82) is 0 Å². The second-order valence-corrected chi connectivity index (χ2v) is 4.97. The third-order valence-corrected chi connectivity index (χ3v) is 3.66. The first kappa shape index (κ1) is 11.3. The predicted molar refractivity (Wildman–Crippen MR) is 67.4 cm³/mol. The predicted octanol–water partition coefficient (Wildman–Crippen LogP) is 0.787. The molecule has 1 unspecified atom stereocenters. The zero-order valence-electron chi connectivity index (χ0n) is 10.8. The van der Waals surface area contributed by atoms with Gasteiger partial charge in [-0.25, -0.2) is 9.67 Å². The Morgan fingerprint density at radius 1 is 1.40 bits per heavy atom. The largest absolute Gasteiger partial charge is 0.364 e. The van der Waals surface area contributed by atoms with E-state index in [9.17, 15) is 0 Å². The molecule has 4 rings (SSSR count).